The Morgan fingerprint density at radius 3 is 2.37 bits per heavy atom. The lowest BCUT2D eigenvalue weighted by Crippen LogP contribution is -2.48. The molecule has 2 N–H and O–H groups in total. The van der Waals surface area contributed by atoms with Gasteiger partial charge in [-0.1, -0.05) is 30.3 Å². The van der Waals surface area contributed by atoms with Gasteiger partial charge in [0.25, 0.3) is 0 Å². The third kappa shape index (κ3) is 7.51. The molecule has 1 aromatic carbocycles. The molecule has 0 aliphatic carbocycles. The number of hydrogen-bond acceptors (Lipinski definition) is 3. The Balaban J connectivity index is 2.23. The number of nitrogens with one attached hydrogen (secondary N) is 2. The molecule has 4 nitrogen and oxygen atoms in total. The Labute approximate surface area is 118 Å². The van der Waals surface area contributed by atoms with Crippen molar-refractivity contribution in [2.24, 2.45) is 0 Å². The van der Waals surface area contributed by atoms with Gasteiger partial charge in [-0.15, -0.1) is 11.8 Å². The minimum Gasteiger partial charge on any atom is -0.333 e. The summed E-state index contributed by atoms with van der Waals surface area (Å²) < 4.78 is 0. The molecule has 104 valence electrons. The average molecular weight is 280 g/mol. The highest BCUT2D eigenvalue weighted by Gasteiger charge is 2.15. The summed E-state index contributed by atoms with van der Waals surface area (Å²) in [4.78, 5) is 23.0. The third-order valence-electron chi connectivity index (χ3n) is 2.09. The quantitative estimate of drug-likeness (QED) is 0.891. The summed E-state index contributed by atoms with van der Waals surface area (Å²) in [5, 5.41) is 4.99. The molecule has 1 rings (SSSR count). The molecule has 0 atom stereocenters. The number of thioether (sulfide) groups is 1. The number of imide groups is 1. The van der Waals surface area contributed by atoms with E-state index in [9.17, 15) is 9.59 Å². The molecule has 0 bridgehead atoms. The Morgan fingerprint density at radius 2 is 1.79 bits per heavy atom. The molecule has 0 aromatic heterocycles. The fraction of sp³-hybridized carbons (Fsp3) is 0.429. The zero-order valence-corrected chi connectivity index (χ0v) is 12.3. The summed E-state index contributed by atoms with van der Waals surface area (Å²) in [6, 6.07) is 9.46. The van der Waals surface area contributed by atoms with Crippen LogP contribution < -0.4 is 10.6 Å². The summed E-state index contributed by atoms with van der Waals surface area (Å²) in [5.74, 6) is 0.754. The van der Waals surface area contributed by atoms with Crippen molar-refractivity contribution in [2.45, 2.75) is 32.1 Å². The normalized spacial score (nSPS) is 10.9. The highest BCUT2D eigenvalue weighted by molar-refractivity contribution is 7.99. The van der Waals surface area contributed by atoms with Crippen LogP contribution in [0.25, 0.3) is 0 Å². The Kier molecular flexibility index (Phi) is 5.89. The number of carbonyl (C=O) groups excluding carboxylic acids is 2. The van der Waals surface area contributed by atoms with E-state index in [4.69, 9.17) is 0 Å². The van der Waals surface area contributed by atoms with Crippen LogP contribution in [0.2, 0.25) is 0 Å². The largest absolute Gasteiger partial charge is 0.333 e. The maximum absolute atomic E-state index is 11.5. The number of carbonyl (C=O) groups is 2. The first-order valence-electron chi connectivity index (χ1n) is 6.10. The molecule has 0 saturated carbocycles. The van der Waals surface area contributed by atoms with E-state index in [1.165, 1.54) is 17.3 Å². The predicted molar refractivity (Wildman–Crippen MR) is 79.0 cm³/mol. The molecule has 19 heavy (non-hydrogen) atoms. The van der Waals surface area contributed by atoms with Gasteiger partial charge in [-0.05, 0) is 26.3 Å². The van der Waals surface area contributed by atoms with Crippen molar-refractivity contribution in [1.82, 2.24) is 10.6 Å². The van der Waals surface area contributed by atoms with Crippen LogP contribution >= 0.6 is 11.8 Å². The van der Waals surface area contributed by atoms with Crippen molar-refractivity contribution in [2.75, 3.05) is 5.75 Å². The molecule has 5 heteroatoms. The van der Waals surface area contributed by atoms with E-state index in [1.54, 1.807) is 0 Å². The van der Waals surface area contributed by atoms with Gasteiger partial charge in [0.1, 0.15) is 0 Å². The van der Waals surface area contributed by atoms with Crippen LogP contribution in [0.15, 0.2) is 30.3 Å². The van der Waals surface area contributed by atoms with Gasteiger partial charge >= 0.3 is 6.03 Å². The van der Waals surface area contributed by atoms with E-state index in [-0.39, 0.29) is 17.2 Å². The van der Waals surface area contributed by atoms with Crippen molar-refractivity contribution < 1.29 is 9.59 Å². The van der Waals surface area contributed by atoms with Crippen LogP contribution in [-0.2, 0) is 10.5 Å². The lowest BCUT2D eigenvalue weighted by Gasteiger charge is -2.20. The van der Waals surface area contributed by atoms with Crippen molar-refractivity contribution in [3.05, 3.63) is 35.9 Å². The highest BCUT2D eigenvalue weighted by Crippen LogP contribution is 2.10. The highest BCUT2D eigenvalue weighted by atomic mass is 32.2. The van der Waals surface area contributed by atoms with Crippen molar-refractivity contribution in [3.8, 4) is 0 Å². The number of benzene rings is 1. The number of urea groups is 1. The van der Waals surface area contributed by atoms with Crippen molar-refractivity contribution in [1.29, 1.82) is 0 Å². The zero-order valence-electron chi connectivity index (χ0n) is 11.5. The van der Waals surface area contributed by atoms with E-state index in [1.807, 2.05) is 51.1 Å². The number of hydrogen-bond donors (Lipinski definition) is 2. The van der Waals surface area contributed by atoms with E-state index in [0.717, 1.165) is 5.75 Å². The Hall–Kier alpha value is -1.49. The standard InChI is InChI=1S/C14H20N2O2S/c1-14(2,3)16-13(18)15-12(17)10-19-9-11-7-5-4-6-8-11/h4-8H,9-10H2,1-3H3,(H2,15,16,17,18). The van der Waals surface area contributed by atoms with E-state index < -0.39 is 6.03 Å². The van der Waals surface area contributed by atoms with Crippen LogP contribution in [0, 0.1) is 0 Å². The lowest BCUT2D eigenvalue weighted by molar-refractivity contribution is -0.117. The second kappa shape index (κ2) is 7.19. The molecule has 0 heterocycles. The monoisotopic (exact) mass is 280 g/mol. The molecule has 3 amide bonds. The molecule has 0 radical (unpaired) electrons. The van der Waals surface area contributed by atoms with Gasteiger partial charge in [0, 0.05) is 11.3 Å². The molecule has 0 spiro atoms. The van der Waals surface area contributed by atoms with Gasteiger partial charge < -0.3 is 5.32 Å². The zero-order chi connectivity index (χ0) is 14.3. The molecular formula is C14H20N2O2S. The first-order valence-corrected chi connectivity index (χ1v) is 7.26. The molecule has 0 unspecified atom stereocenters. The molecular weight excluding hydrogens is 260 g/mol. The van der Waals surface area contributed by atoms with Gasteiger partial charge in [-0.25, -0.2) is 4.79 Å². The van der Waals surface area contributed by atoms with Gasteiger partial charge in [0.05, 0.1) is 5.75 Å². The number of rotatable bonds is 4. The first-order chi connectivity index (χ1) is 8.87. The molecule has 0 saturated heterocycles. The predicted octanol–water partition coefficient (Wildman–Crippen LogP) is 2.54. The minimum atomic E-state index is -0.446. The summed E-state index contributed by atoms with van der Waals surface area (Å²) in [7, 11) is 0. The summed E-state index contributed by atoms with van der Waals surface area (Å²) >= 11 is 1.48. The van der Waals surface area contributed by atoms with Crippen molar-refractivity contribution >= 4 is 23.7 Å². The summed E-state index contributed by atoms with van der Waals surface area (Å²) in [6.45, 7) is 5.59. The smallest absolute Gasteiger partial charge is 0.321 e. The first kappa shape index (κ1) is 15.6. The number of amides is 3. The Bertz CT molecular complexity index is 427. The van der Waals surface area contributed by atoms with Gasteiger partial charge in [-0.2, -0.15) is 0 Å². The van der Waals surface area contributed by atoms with Gasteiger partial charge in [-0.3, -0.25) is 10.1 Å². The van der Waals surface area contributed by atoms with Crippen LogP contribution in [0.3, 0.4) is 0 Å². The van der Waals surface area contributed by atoms with Crippen LogP contribution in [0.1, 0.15) is 26.3 Å². The fourth-order valence-corrected chi connectivity index (χ4v) is 2.16. The summed E-state index contributed by atoms with van der Waals surface area (Å²) in [5.41, 5.74) is 0.820. The van der Waals surface area contributed by atoms with Gasteiger partial charge in [0.2, 0.25) is 5.91 Å². The lowest BCUT2D eigenvalue weighted by atomic mass is 10.1. The van der Waals surface area contributed by atoms with E-state index in [0.29, 0.717) is 0 Å². The topological polar surface area (TPSA) is 58.2 Å². The second-order valence-electron chi connectivity index (χ2n) is 5.23. The maximum Gasteiger partial charge on any atom is 0.321 e. The molecule has 1 aromatic rings. The van der Waals surface area contributed by atoms with Gasteiger partial charge in [0.15, 0.2) is 0 Å². The molecule has 0 fully saturated rings. The van der Waals surface area contributed by atoms with E-state index in [2.05, 4.69) is 10.6 Å². The maximum atomic E-state index is 11.5. The SMILES string of the molecule is CC(C)(C)NC(=O)NC(=O)CSCc1ccccc1. The summed E-state index contributed by atoms with van der Waals surface area (Å²) in [6.07, 6.45) is 0. The second-order valence-corrected chi connectivity index (χ2v) is 6.22. The Morgan fingerprint density at radius 1 is 1.16 bits per heavy atom. The van der Waals surface area contributed by atoms with Crippen LogP contribution in [-0.4, -0.2) is 23.2 Å². The molecule has 0 aliphatic heterocycles. The average Bonchev–Trinajstić information content (AvgIpc) is 2.27. The minimum absolute atomic E-state index is 0.270. The van der Waals surface area contributed by atoms with Crippen molar-refractivity contribution in [3.63, 3.8) is 0 Å². The molecule has 0 aliphatic rings. The fourth-order valence-electron chi connectivity index (χ4n) is 1.37. The third-order valence-corrected chi connectivity index (χ3v) is 3.09. The van der Waals surface area contributed by atoms with Crippen LogP contribution in [0.5, 0.6) is 0 Å². The van der Waals surface area contributed by atoms with E-state index >= 15 is 0 Å². The van der Waals surface area contributed by atoms with Crippen LogP contribution in [0.4, 0.5) is 4.79 Å².